The van der Waals surface area contributed by atoms with Gasteiger partial charge in [0.25, 0.3) is 11.6 Å². The molecule has 19 heavy (non-hydrogen) atoms. The monoisotopic (exact) mass is 286 g/mol. The lowest BCUT2D eigenvalue weighted by molar-refractivity contribution is -0.385. The number of rotatable bonds is 5. The summed E-state index contributed by atoms with van der Waals surface area (Å²) in [6.45, 7) is 3.43. The van der Waals surface area contributed by atoms with Crippen molar-refractivity contribution in [3.05, 3.63) is 38.9 Å². The molecule has 0 saturated heterocycles. The van der Waals surface area contributed by atoms with Gasteiger partial charge in [0.2, 0.25) is 0 Å². The molecule has 6 nitrogen and oxygen atoms in total. The van der Waals surface area contributed by atoms with E-state index in [1.54, 1.807) is 0 Å². The molecule has 0 fully saturated rings. The van der Waals surface area contributed by atoms with Crippen molar-refractivity contribution in [3.8, 4) is 0 Å². The number of nitrogens with one attached hydrogen (secondary N) is 1. The van der Waals surface area contributed by atoms with Crippen molar-refractivity contribution in [1.82, 2.24) is 5.32 Å². The normalized spacial score (nSPS) is 12.3. The fraction of sp³-hybridized carbons (Fsp3) is 0.417. The van der Waals surface area contributed by atoms with Crippen LogP contribution in [0, 0.1) is 16.0 Å². The summed E-state index contributed by atoms with van der Waals surface area (Å²) in [7, 11) is 0. The van der Waals surface area contributed by atoms with Crippen molar-refractivity contribution >= 4 is 23.2 Å². The first-order valence-corrected chi connectivity index (χ1v) is 6.10. The quantitative estimate of drug-likeness (QED) is 0.639. The largest absolute Gasteiger partial charge is 0.394 e. The molecule has 0 aliphatic carbocycles. The first kappa shape index (κ1) is 15.4. The third-order valence-corrected chi connectivity index (χ3v) is 2.95. The van der Waals surface area contributed by atoms with Crippen molar-refractivity contribution in [2.75, 3.05) is 6.61 Å². The smallest absolute Gasteiger partial charge is 0.283 e. The topological polar surface area (TPSA) is 92.5 Å². The lowest BCUT2D eigenvalue weighted by Gasteiger charge is -2.19. The highest BCUT2D eigenvalue weighted by Gasteiger charge is 2.23. The number of nitrogens with zero attached hydrogens (tertiary/aromatic N) is 1. The van der Waals surface area contributed by atoms with Gasteiger partial charge in [-0.25, -0.2) is 0 Å². The minimum Gasteiger partial charge on any atom is -0.394 e. The van der Waals surface area contributed by atoms with Crippen molar-refractivity contribution < 1.29 is 14.8 Å². The molecule has 0 spiro atoms. The van der Waals surface area contributed by atoms with E-state index in [2.05, 4.69) is 5.32 Å². The maximum absolute atomic E-state index is 12.0. The van der Waals surface area contributed by atoms with Crippen LogP contribution in [0.1, 0.15) is 24.2 Å². The van der Waals surface area contributed by atoms with Gasteiger partial charge in [-0.2, -0.15) is 0 Å². The highest BCUT2D eigenvalue weighted by atomic mass is 35.5. The van der Waals surface area contributed by atoms with Gasteiger partial charge in [0, 0.05) is 11.1 Å². The van der Waals surface area contributed by atoms with Gasteiger partial charge in [0.15, 0.2) is 0 Å². The first-order chi connectivity index (χ1) is 8.86. The fourth-order valence-electron chi connectivity index (χ4n) is 1.52. The van der Waals surface area contributed by atoms with E-state index in [0.29, 0.717) is 0 Å². The molecule has 1 aromatic rings. The number of aliphatic hydroxyl groups excluding tert-OH is 1. The van der Waals surface area contributed by atoms with Crippen LogP contribution in [-0.4, -0.2) is 28.6 Å². The Kier molecular flexibility index (Phi) is 5.26. The van der Waals surface area contributed by atoms with Gasteiger partial charge in [-0.15, -0.1) is 0 Å². The maximum Gasteiger partial charge on any atom is 0.283 e. The average Bonchev–Trinajstić information content (AvgIpc) is 2.34. The number of hydrogen-bond donors (Lipinski definition) is 2. The van der Waals surface area contributed by atoms with Crippen LogP contribution < -0.4 is 5.32 Å². The Labute approximate surface area is 115 Å². The van der Waals surface area contributed by atoms with Crippen LogP contribution in [-0.2, 0) is 0 Å². The van der Waals surface area contributed by atoms with E-state index in [1.807, 2.05) is 13.8 Å². The first-order valence-electron chi connectivity index (χ1n) is 5.72. The molecule has 0 heterocycles. The van der Waals surface area contributed by atoms with Gasteiger partial charge in [-0.1, -0.05) is 25.4 Å². The molecule has 1 amide bonds. The van der Waals surface area contributed by atoms with Crippen LogP contribution in [0.15, 0.2) is 18.2 Å². The predicted octanol–water partition coefficient (Wildman–Crippen LogP) is 1.99. The molecule has 1 rings (SSSR count). The van der Waals surface area contributed by atoms with Crippen LogP contribution in [0.3, 0.4) is 0 Å². The summed E-state index contributed by atoms with van der Waals surface area (Å²) in [5.74, 6) is -0.587. The van der Waals surface area contributed by atoms with E-state index in [9.17, 15) is 14.9 Å². The summed E-state index contributed by atoms with van der Waals surface area (Å²) in [5.41, 5.74) is -0.432. The molecule has 104 valence electrons. The van der Waals surface area contributed by atoms with Crippen molar-refractivity contribution in [2.24, 2.45) is 5.92 Å². The highest BCUT2D eigenvalue weighted by Crippen LogP contribution is 2.23. The van der Waals surface area contributed by atoms with E-state index in [-0.39, 0.29) is 28.8 Å². The number of amides is 1. The van der Waals surface area contributed by atoms with Crippen LogP contribution in [0.25, 0.3) is 0 Å². The third kappa shape index (κ3) is 3.90. The number of carbonyl (C=O) groups is 1. The van der Waals surface area contributed by atoms with Gasteiger partial charge in [-0.3, -0.25) is 14.9 Å². The van der Waals surface area contributed by atoms with E-state index in [0.717, 1.165) is 6.07 Å². The lowest BCUT2D eigenvalue weighted by Crippen LogP contribution is -2.41. The Morgan fingerprint density at radius 2 is 2.16 bits per heavy atom. The van der Waals surface area contributed by atoms with Gasteiger partial charge >= 0.3 is 0 Å². The number of carbonyl (C=O) groups excluding carboxylic acids is 1. The minimum absolute atomic E-state index is 0.0142. The Bertz CT molecular complexity index is 491. The summed E-state index contributed by atoms with van der Waals surface area (Å²) in [6, 6.07) is 3.37. The number of nitro benzene ring substituents is 1. The SMILES string of the molecule is CC(C)[C@@H](CO)NC(=O)c1ccc(Cl)cc1[N+](=O)[O-]. The number of hydrogen-bond acceptors (Lipinski definition) is 4. The van der Waals surface area contributed by atoms with Gasteiger partial charge in [-0.05, 0) is 18.1 Å². The lowest BCUT2D eigenvalue weighted by atomic mass is 10.0. The second kappa shape index (κ2) is 6.49. The number of benzene rings is 1. The molecule has 2 N–H and O–H groups in total. The summed E-state index contributed by atoms with van der Waals surface area (Å²) >= 11 is 5.67. The molecule has 0 aliphatic rings. The van der Waals surface area contributed by atoms with Gasteiger partial charge in [0.1, 0.15) is 5.56 Å². The van der Waals surface area contributed by atoms with Crippen molar-refractivity contribution in [2.45, 2.75) is 19.9 Å². The standard InChI is InChI=1S/C12H15ClN2O4/c1-7(2)10(6-16)14-12(17)9-4-3-8(13)5-11(9)15(18)19/h3-5,7,10,16H,6H2,1-2H3,(H,14,17)/t10-/m1/s1. The summed E-state index contributed by atoms with van der Waals surface area (Å²) in [4.78, 5) is 22.2. The average molecular weight is 287 g/mol. The zero-order valence-corrected chi connectivity index (χ0v) is 11.3. The fourth-order valence-corrected chi connectivity index (χ4v) is 1.68. The number of nitro groups is 1. The predicted molar refractivity (Wildman–Crippen MR) is 71.3 cm³/mol. The van der Waals surface area contributed by atoms with Crippen LogP contribution in [0.4, 0.5) is 5.69 Å². The molecule has 1 aromatic carbocycles. The molecular weight excluding hydrogens is 272 g/mol. The van der Waals surface area contributed by atoms with E-state index in [4.69, 9.17) is 16.7 Å². The van der Waals surface area contributed by atoms with Crippen LogP contribution in [0.5, 0.6) is 0 Å². The van der Waals surface area contributed by atoms with Gasteiger partial charge < -0.3 is 10.4 Å². The Morgan fingerprint density at radius 3 is 2.63 bits per heavy atom. The summed E-state index contributed by atoms with van der Waals surface area (Å²) in [5, 5.41) is 22.8. The summed E-state index contributed by atoms with van der Waals surface area (Å²) < 4.78 is 0. The van der Waals surface area contributed by atoms with Crippen LogP contribution >= 0.6 is 11.6 Å². The Hall–Kier alpha value is -1.66. The zero-order chi connectivity index (χ0) is 14.6. The molecular formula is C12H15ClN2O4. The third-order valence-electron chi connectivity index (χ3n) is 2.72. The molecule has 0 unspecified atom stereocenters. The molecule has 0 radical (unpaired) electrons. The van der Waals surface area contributed by atoms with Crippen molar-refractivity contribution in [3.63, 3.8) is 0 Å². The van der Waals surface area contributed by atoms with E-state index >= 15 is 0 Å². The molecule has 0 saturated carbocycles. The molecule has 1 atom stereocenters. The Morgan fingerprint density at radius 1 is 1.53 bits per heavy atom. The molecule has 7 heteroatoms. The minimum atomic E-state index is -0.663. The molecule has 0 aliphatic heterocycles. The van der Waals surface area contributed by atoms with Crippen LogP contribution in [0.2, 0.25) is 5.02 Å². The molecule has 0 bridgehead atoms. The number of halogens is 1. The maximum atomic E-state index is 12.0. The second-order valence-electron chi connectivity index (χ2n) is 4.43. The highest BCUT2D eigenvalue weighted by molar-refractivity contribution is 6.31. The zero-order valence-electron chi connectivity index (χ0n) is 10.6. The van der Waals surface area contributed by atoms with Crippen molar-refractivity contribution in [1.29, 1.82) is 0 Å². The van der Waals surface area contributed by atoms with E-state index in [1.165, 1.54) is 12.1 Å². The van der Waals surface area contributed by atoms with E-state index < -0.39 is 16.9 Å². The molecule has 0 aromatic heterocycles. The van der Waals surface area contributed by atoms with Gasteiger partial charge in [0.05, 0.1) is 17.6 Å². The summed E-state index contributed by atoms with van der Waals surface area (Å²) in [6.07, 6.45) is 0. The number of aliphatic hydroxyl groups is 1. The Balaban J connectivity index is 3.03. The second-order valence-corrected chi connectivity index (χ2v) is 4.86.